The Balaban J connectivity index is 2.06. The average Bonchev–Trinajstić information content (AvgIpc) is 2.77. The van der Waals surface area contributed by atoms with E-state index in [4.69, 9.17) is 5.73 Å². The van der Waals surface area contributed by atoms with Crippen LogP contribution in [0.5, 0.6) is 0 Å². The molecule has 1 aromatic heterocycles. The summed E-state index contributed by atoms with van der Waals surface area (Å²) >= 11 is 0. The molecule has 1 aliphatic rings. The number of nitrogen functional groups attached to an aromatic ring is 1. The second kappa shape index (κ2) is 4.42. The standard InChI is InChI=1S/C17H12N2O2S/c18-11-8-9-15(19-10-11)14-6-3-5-13-12-4-1-2-7-16(12)22(20,21)17(13)14/h1-10H,18H2. The molecule has 0 spiro atoms. The third-order valence-corrected chi connectivity index (χ3v) is 5.73. The van der Waals surface area contributed by atoms with Crippen LogP contribution in [0.15, 0.2) is 70.6 Å². The highest BCUT2D eigenvalue weighted by Gasteiger charge is 2.35. The number of pyridine rings is 1. The summed E-state index contributed by atoms with van der Waals surface area (Å²) in [6.07, 6.45) is 1.53. The Labute approximate surface area is 128 Å². The van der Waals surface area contributed by atoms with Crippen LogP contribution in [0, 0.1) is 0 Å². The quantitative estimate of drug-likeness (QED) is 0.586. The van der Waals surface area contributed by atoms with Crippen molar-refractivity contribution in [2.45, 2.75) is 9.79 Å². The Morgan fingerprint density at radius 1 is 0.818 bits per heavy atom. The van der Waals surface area contributed by atoms with Gasteiger partial charge in [0.05, 0.1) is 27.4 Å². The summed E-state index contributed by atoms with van der Waals surface area (Å²) in [6.45, 7) is 0. The van der Waals surface area contributed by atoms with Gasteiger partial charge in [-0.1, -0.05) is 36.4 Å². The van der Waals surface area contributed by atoms with Crippen LogP contribution >= 0.6 is 0 Å². The summed E-state index contributed by atoms with van der Waals surface area (Å²) in [7, 11) is -3.53. The minimum absolute atomic E-state index is 0.327. The van der Waals surface area contributed by atoms with Crippen LogP contribution < -0.4 is 5.73 Å². The number of fused-ring (bicyclic) bond motifs is 3. The fraction of sp³-hybridized carbons (Fsp3) is 0. The zero-order valence-corrected chi connectivity index (χ0v) is 12.3. The zero-order chi connectivity index (χ0) is 15.3. The summed E-state index contributed by atoms with van der Waals surface area (Å²) in [4.78, 5) is 4.95. The van der Waals surface area contributed by atoms with E-state index < -0.39 is 9.84 Å². The van der Waals surface area contributed by atoms with E-state index in [-0.39, 0.29) is 0 Å². The molecule has 0 atom stereocenters. The molecule has 3 aromatic rings. The lowest BCUT2D eigenvalue weighted by Gasteiger charge is -2.07. The first-order valence-corrected chi connectivity index (χ1v) is 8.27. The predicted octanol–water partition coefficient (Wildman–Crippen LogP) is 3.14. The number of aromatic nitrogens is 1. The van der Waals surface area contributed by atoms with Gasteiger partial charge in [0.25, 0.3) is 0 Å². The molecule has 0 aliphatic carbocycles. The Bertz CT molecular complexity index is 993. The fourth-order valence-corrected chi connectivity index (χ4v) is 4.71. The minimum atomic E-state index is -3.53. The third kappa shape index (κ3) is 1.69. The number of hydrogen-bond donors (Lipinski definition) is 1. The van der Waals surface area contributed by atoms with Crippen molar-refractivity contribution in [3.8, 4) is 22.4 Å². The number of nitrogens with zero attached hydrogens (tertiary/aromatic N) is 1. The molecule has 2 N–H and O–H groups in total. The van der Waals surface area contributed by atoms with Crippen molar-refractivity contribution in [1.82, 2.24) is 4.98 Å². The van der Waals surface area contributed by atoms with Crippen molar-refractivity contribution < 1.29 is 8.42 Å². The van der Waals surface area contributed by atoms with Crippen molar-refractivity contribution in [3.63, 3.8) is 0 Å². The Hall–Kier alpha value is -2.66. The Morgan fingerprint density at radius 3 is 2.32 bits per heavy atom. The Morgan fingerprint density at radius 2 is 1.55 bits per heavy atom. The molecule has 0 saturated carbocycles. The van der Waals surface area contributed by atoms with Crippen LogP contribution in [0.4, 0.5) is 5.69 Å². The van der Waals surface area contributed by atoms with Crippen LogP contribution in [0.25, 0.3) is 22.4 Å². The van der Waals surface area contributed by atoms with E-state index in [2.05, 4.69) is 4.98 Å². The highest BCUT2D eigenvalue weighted by molar-refractivity contribution is 7.92. The molecular weight excluding hydrogens is 296 g/mol. The third-order valence-electron chi connectivity index (χ3n) is 3.81. The highest BCUT2D eigenvalue weighted by atomic mass is 32.2. The molecule has 4 nitrogen and oxygen atoms in total. The minimum Gasteiger partial charge on any atom is -0.397 e. The summed E-state index contributed by atoms with van der Waals surface area (Å²) in [6, 6.07) is 16.0. The van der Waals surface area contributed by atoms with Gasteiger partial charge in [-0.2, -0.15) is 0 Å². The first kappa shape index (κ1) is 13.0. The molecule has 0 amide bonds. The lowest BCUT2D eigenvalue weighted by atomic mass is 10.0. The Kier molecular flexibility index (Phi) is 2.62. The summed E-state index contributed by atoms with van der Waals surface area (Å²) in [5.41, 5.74) is 8.88. The number of rotatable bonds is 1. The second-order valence-electron chi connectivity index (χ2n) is 5.16. The molecule has 4 rings (SSSR count). The molecule has 108 valence electrons. The molecular formula is C17H12N2O2S. The van der Waals surface area contributed by atoms with E-state index in [1.807, 2.05) is 24.3 Å². The molecule has 0 saturated heterocycles. The number of hydrogen-bond acceptors (Lipinski definition) is 4. The van der Waals surface area contributed by atoms with Gasteiger partial charge in [0, 0.05) is 16.7 Å². The van der Waals surface area contributed by atoms with Crippen molar-refractivity contribution in [3.05, 3.63) is 60.8 Å². The molecule has 0 bridgehead atoms. The predicted molar refractivity (Wildman–Crippen MR) is 85.0 cm³/mol. The van der Waals surface area contributed by atoms with Crippen LogP contribution in [-0.2, 0) is 9.84 Å². The molecule has 22 heavy (non-hydrogen) atoms. The van der Waals surface area contributed by atoms with Gasteiger partial charge >= 0.3 is 0 Å². The van der Waals surface area contributed by atoms with Crippen molar-refractivity contribution >= 4 is 15.5 Å². The van der Waals surface area contributed by atoms with E-state index in [1.165, 1.54) is 6.20 Å². The monoisotopic (exact) mass is 308 g/mol. The summed E-state index contributed by atoms with van der Waals surface area (Å²) < 4.78 is 25.8. The van der Waals surface area contributed by atoms with Crippen LogP contribution in [-0.4, -0.2) is 13.4 Å². The molecule has 2 aromatic carbocycles. The van der Waals surface area contributed by atoms with E-state index in [0.29, 0.717) is 26.7 Å². The largest absolute Gasteiger partial charge is 0.397 e. The van der Waals surface area contributed by atoms with Crippen LogP contribution in [0.2, 0.25) is 0 Å². The van der Waals surface area contributed by atoms with Crippen LogP contribution in [0.3, 0.4) is 0 Å². The topological polar surface area (TPSA) is 73.1 Å². The summed E-state index contributed by atoms with van der Waals surface area (Å²) in [5.74, 6) is 0. The first-order chi connectivity index (χ1) is 10.6. The number of anilines is 1. The first-order valence-electron chi connectivity index (χ1n) is 6.78. The fourth-order valence-electron chi connectivity index (χ4n) is 2.84. The van der Waals surface area contributed by atoms with Gasteiger partial charge in [-0.3, -0.25) is 4.98 Å². The molecule has 0 unspecified atom stereocenters. The van der Waals surface area contributed by atoms with Gasteiger partial charge in [-0.25, -0.2) is 8.42 Å². The maximum Gasteiger partial charge on any atom is 0.208 e. The maximum absolute atomic E-state index is 12.9. The number of nitrogens with two attached hydrogens (primary N) is 1. The van der Waals surface area contributed by atoms with Crippen molar-refractivity contribution in [1.29, 1.82) is 0 Å². The molecule has 1 aliphatic heterocycles. The van der Waals surface area contributed by atoms with Gasteiger partial charge in [0.15, 0.2) is 0 Å². The van der Waals surface area contributed by atoms with E-state index in [1.54, 1.807) is 30.3 Å². The zero-order valence-electron chi connectivity index (χ0n) is 11.5. The van der Waals surface area contributed by atoms with Gasteiger partial charge in [-0.05, 0) is 18.2 Å². The highest BCUT2D eigenvalue weighted by Crippen LogP contribution is 2.46. The van der Waals surface area contributed by atoms with Gasteiger partial charge in [0.2, 0.25) is 9.84 Å². The van der Waals surface area contributed by atoms with Crippen molar-refractivity contribution in [2.75, 3.05) is 5.73 Å². The smallest absolute Gasteiger partial charge is 0.208 e. The van der Waals surface area contributed by atoms with E-state index in [0.717, 1.165) is 11.1 Å². The van der Waals surface area contributed by atoms with E-state index in [9.17, 15) is 8.42 Å². The lowest BCUT2D eigenvalue weighted by Crippen LogP contribution is -2.00. The average molecular weight is 308 g/mol. The second-order valence-corrected chi connectivity index (χ2v) is 7.01. The number of benzene rings is 2. The normalized spacial score (nSPS) is 14.4. The maximum atomic E-state index is 12.9. The van der Waals surface area contributed by atoms with Gasteiger partial charge in [0.1, 0.15) is 0 Å². The van der Waals surface area contributed by atoms with Crippen molar-refractivity contribution in [2.24, 2.45) is 0 Å². The molecule has 0 fully saturated rings. The van der Waals surface area contributed by atoms with E-state index >= 15 is 0 Å². The lowest BCUT2D eigenvalue weighted by molar-refractivity contribution is 0.599. The molecule has 2 heterocycles. The van der Waals surface area contributed by atoms with Gasteiger partial charge < -0.3 is 5.73 Å². The SMILES string of the molecule is Nc1ccc(-c2cccc3c2S(=O)(=O)c2ccccc2-3)nc1. The molecule has 0 radical (unpaired) electrons. The van der Waals surface area contributed by atoms with Gasteiger partial charge in [-0.15, -0.1) is 0 Å². The number of sulfone groups is 1. The van der Waals surface area contributed by atoms with Crippen LogP contribution in [0.1, 0.15) is 0 Å². The molecule has 5 heteroatoms. The summed E-state index contributed by atoms with van der Waals surface area (Å²) in [5, 5.41) is 0.